The van der Waals surface area contributed by atoms with Gasteiger partial charge in [0.15, 0.2) is 5.76 Å². The number of nitrogens with zero attached hydrogens (tertiary/aromatic N) is 2. The fourth-order valence-electron chi connectivity index (χ4n) is 3.93. The van der Waals surface area contributed by atoms with Crippen molar-refractivity contribution in [3.05, 3.63) is 63.3 Å². The third kappa shape index (κ3) is 3.05. The number of fused-ring (bicyclic) bond motifs is 2. The molecule has 1 aliphatic rings. The third-order valence-electron chi connectivity index (χ3n) is 5.53. The summed E-state index contributed by atoms with van der Waals surface area (Å²) in [6, 6.07) is 14.1. The summed E-state index contributed by atoms with van der Waals surface area (Å²) in [4.78, 5) is 19.8. The molecule has 0 spiro atoms. The monoisotopic (exact) mass is 454 g/mol. The second-order valence-corrected chi connectivity index (χ2v) is 9.26. The highest BCUT2D eigenvalue weighted by Gasteiger charge is 2.29. The molecule has 5 rings (SSSR count). The first kappa shape index (κ1) is 17.9. The summed E-state index contributed by atoms with van der Waals surface area (Å²) in [5.41, 5.74) is 2.74. The lowest BCUT2D eigenvalue weighted by atomic mass is 9.97. The van der Waals surface area contributed by atoms with E-state index in [2.05, 4.69) is 34.1 Å². The van der Waals surface area contributed by atoms with E-state index in [-0.39, 0.29) is 5.91 Å². The molecular formula is C22H19BrN2O2S. The van der Waals surface area contributed by atoms with Crippen molar-refractivity contribution in [3.63, 3.8) is 0 Å². The molecule has 1 fully saturated rings. The Hall–Kier alpha value is -2.18. The normalized spacial score (nSPS) is 15.6. The number of furan rings is 1. The van der Waals surface area contributed by atoms with Crippen LogP contribution in [-0.4, -0.2) is 28.9 Å². The number of hydrogen-bond acceptors (Lipinski definition) is 4. The highest BCUT2D eigenvalue weighted by Crippen LogP contribution is 2.35. The number of amides is 1. The van der Waals surface area contributed by atoms with Gasteiger partial charge < -0.3 is 9.32 Å². The Morgan fingerprint density at radius 2 is 2.00 bits per heavy atom. The van der Waals surface area contributed by atoms with Crippen molar-refractivity contribution in [1.29, 1.82) is 0 Å². The van der Waals surface area contributed by atoms with Crippen LogP contribution in [0.4, 0.5) is 0 Å². The predicted molar refractivity (Wildman–Crippen MR) is 116 cm³/mol. The maximum absolute atomic E-state index is 13.1. The number of carbonyl (C=O) groups is 1. The Labute approximate surface area is 175 Å². The van der Waals surface area contributed by atoms with Crippen LogP contribution in [0.3, 0.4) is 0 Å². The number of aryl methyl sites for hydroxylation is 1. The van der Waals surface area contributed by atoms with Crippen LogP contribution in [0.1, 0.15) is 39.9 Å². The number of likely N-dealkylation sites (tertiary alicyclic amines) is 1. The zero-order chi connectivity index (χ0) is 19.3. The largest absolute Gasteiger partial charge is 0.451 e. The van der Waals surface area contributed by atoms with Gasteiger partial charge in [-0.25, -0.2) is 4.98 Å². The maximum atomic E-state index is 13.1. The number of hydrogen-bond donors (Lipinski definition) is 0. The summed E-state index contributed by atoms with van der Waals surface area (Å²) in [6.07, 6.45) is 1.88. The number of rotatable bonds is 2. The minimum atomic E-state index is -0.00688. The van der Waals surface area contributed by atoms with Gasteiger partial charge in [0, 0.05) is 34.4 Å². The second kappa shape index (κ2) is 7.01. The van der Waals surface area contributed by atoms with Gasteiger partial charge >= 0.3 is 0 Å². The molecule has 0 atom stereocenters. The molecular weight excluding hydrogens is 436 g/mol. The van der Waals surface area contributed by atoms with Crippen molar-refractivity contribution in [2.75, 3.05) is 13.1 Å². The van der Waals surface area contributed by atoms with Crippen LogP contribution in [0.5, 0.6) is 0 Å². The van der Waals surface area contributed by atoms with Crippen LogP contribution in [0.15, 0.2) is 51.4 Å². The summed E-state index contributed by atoms with van der Waals surface area (Å²) in [5, 5.41) is 2.18. The van der Waals surface area contributed by atoms with Crippen LogP contribution in [0.25, 0.3) is 21.2 Å². The van der Waals surface area contributed by atoms with Gasteiger partial charge in [-0.15, -0.1) is 11.3 Å². The molecule has 2 aromatic carbocycles. The van der Waals surface area contributed by atoms with E-state index < -0.39 is 0 Å². The second-order valence-electron chi connectivity index (χ2n) is 7.28. The molecule has 0 bridgehead atoms. The zero-order valence-corrected chi connectivity index (χ0v) is 17.8. The van der Waals surface area contributed by atoms with Gasteiger partial charge in [0.1, 0.15) is 5.58 Å². The SMILES string of the molecule is Cc1c(C(=O)N2CCC(c3nc4ccccc4s3)CC2)oc2ccc(Br)cc12. The number of para-hydroxylation sites is 1. The van der Waals surface area contributed by atoms with Crippen LogP contribution in [-0.2, 0) is 0 Å². The first-order valence-corrected chi connectivity index (χ1v) is 11.0. The minimum absolute atomic E-state index is 0.00688. The fourth-order valence-corrected chi connectivity index (χ4v) is 5.43. The molecule has 28 heavy (non-hydrogen) atoms. The molecule has 0 N–H and O–H groups in total. The predicted octanol–water partition coefficient (Wildman–Crippen LogP) is 6.13. The molecule has 0 radical (unpaired) electrons. The van der Waals surface area contributed by atoms with E-state index in [0.29, 0.717) is 11.7 Å². The molecule has 4 nitrogen and oxygen atoms in total. The average Bonchev–Trinajstić information content (AvgIpc) is 3.29. The van der Waals surface area contributed by atoms with Gasteiger partial charge in [-0.1, -0.05) is 28.1 Å². The number of benzene rings is 2. The molecule has 2 aromatic heterocycles. The lowest BCUT2D eigenvalue weighted by Crippen LogP contribution is -2.38. The van der Waals surface area contributed by atoms with Crippen molar-refractivity contribution in [2.45, 2.75) is 25.7 Å². The molecule has 142 valence electrons. The number of halogens is 1. The highest BCUT2D eigenvalue weighted by molar-refractivity contribution is 9.10. The van der Waals surface area contributed by atoms with Crippen molar-refractivity contribution in [2.24, 2.45) is 0 Å². The number of aromatic nitrogens is 1. The Bertz CT molecular complexity index is 1150. The van der Waals surface area contributed by atoms with E-state index in [4.69, 9.17) is 9.40 Å². The Morgan fingerprint density at radius 3 is 2.79 bits per heavy atom. The molecule has 0 unspecified atom stereocenters. The Morgan fingerprint density at radius 1 is 1.21 bits per heavy atom. The van der Waals surface area contributed by atoms with Gasteiger partial charge in [-0.05, 0) is 50.1 Å². The van der Waals surface area contributed by atoms with Crippen LogP contribution in [0.2, 0.25) is 0 Å². The highest BCUT2D eigenvalue weighted by atomic mass is 79.9. The van der Waals surface area contributed by atoms with E-state index in [0.717, 1.165) is 52.5 Å². The van der Waals surface area contributed by atoms with E-state index in [1.165, 1.54) is 9.71 Å². The molecule has 0 aliphatic carbocycles. The topological polar surface area (TPSA) is 46.3 Å². The van der Waals surface area contributed by atoms with Crippen LogP contribution < -0.4 is 0 Å². The molecule has 4 aromatic rings. The van der Waals surface area contributed by atoms with Crippen molar-refractivity contribution in [3.8, 4) is 0 Å². The lowest BCUT2D eigenvalue weighted by Gasteiger charge is -2.30. The van der Waals surface area contributed by atoms with Crippen molar-refractivity contribution >= 4 is 54.4 Å². The van der Waals surface area contributed by atoms with Crippen molar-refractivity contribution < 1.29 is 9.21 Å². The third-order valence-corrected chi connectivity index (χ3v) is 7.23. The zero-order valence-electron chi connectivity index (χ0n) is 15.4. The summed E-state index contributed by atoms with van der Waals surface area (Å²) in [5.74, 6) is 0.883. The minimum Gasteiger partial charge on any atom is -0.451 e. The molecule has 3 heterocycles. The van der Waals surface area contributed by atoms with Gasteiger partial charge in [0.05, 0.1) is 15.2 Å². The number of thiazole rings is 1. The molecule has 1 aliphatic heterocycles. The Kier molecular flexibility index (Phi) is 4.48. The maximum Gasteiger partial charge on any atom is 0.289 e. The van der Waals surface area contributed by atoms with Crippen LogP contribution >= 0.6 is 27.3 Å². The van der Waals surface area contributed by atoms with Gasteiger partial charge in [0.2, 0.25) is 0 Å². The average molecular weight is 455 g/mol. The lowest BCUT2D eigenvalue weighted by molar-refractivity contribution is 0.0682. The molecule has 1 amide bonds. The summed E-state index contributed by atoms with van der Waals surface area (Å²) in [6.45, 7) is 3.43. The quantitative estimate of drug-likeness (QED) is 0.365. The first-order chi connectivity index (χ1) is 13.6. The summed E-state index contributed by atoms with van der Waals surface area (Å²) in [7, 11) is 0. The van der Waals surface area contributed by atoms with Crippen LogP contribution in [0, 0.1) is 6.92 Å². The van der Waals surface area contributed by atoms with E-state index in [9.17, 15) is 4.79 Å². The number of carbonyl (C=O) groups excluding carboxylic acids is 1. The molecule has 0 saturated carbocycles. The number of piperidine rings is 1. The fraction of sp³-hybridized carbons (Fsp3) is 0.273. The van der Waals surface area contributed by atoms with Crippen molar-refractivity contribution in [1.82, 2.24) is 9.88 Å². The molecule has 1 saturated heterocycles. The van der Waals surface area contributed by atoms with Gasteiger partial charge in [-0.2, -0.15) is 0 Å². The standard InChI is InChI=1S/C22H19BrN2O2S/c1-13-16-12-15(23)6-7-18(16)27-20(13)22(26)25-10-8-14(9-11-25)21-24-17-4-2-3-5-19(17)28-21/h2-7,12,14H,8-11H2,1H3. The molecule has 6 heteroatoms. The summed E-state index contributed by atoms with van der Waals surface area (Å²) >= 11 is 5.27. The van der Waals surface area contributed by atoms with E-state index >= 15 is 0 Å². The smallest absolute Gasteiger partial charge is 0.289 e. The summed E-state index contributed by atoms with van der Waals surface area (Å²) < 4.78 is 8.12. The van der Waals surface area contributed by atoms with E-state index in [1.54, 1.807) is 11.3 Å². The first-order valence-electron chi connectivity index (χ1n) is 9.43. The van der Waals surface area contributed by atoms with Gasteiger partial charge in [-0.3, -0.25) is 4.79 Å². The van der Waals surface area contributed by atoms with Gasteiger partial charge in [0.25, 0.3) is 5.91 Å². The van der Waals surface area contributed by atoms with E-state index in [1.807, 2.05) is 36.1 Å². The Balaban J connectivity index is 1.34.